The van der Waals surface area contributed by atoms with Crippen LogP contribution in [0.15, 0.2) is 72.8 Å². The third-order valence-electron chi connectivity index (χ3n) is 5.38. The molecular formula is C25H22N8O. The van der Waals surface area contributed by atoms with Crippen LogP contribution < -0.4 is 16.4 Å². The van der Waals surface area contributed by atoms with Gasteiger partial charge in [-0.2, -0.15) is 5.10 Å². The van der Waals surface area contributed by atoms with E-state index in [1.54, 1.807) is 6.07 Å². The van der Waals surface area contributed by atoms with Crippen LogP contribution in [-0.4, -0.2) is 31.4 Å². The molecule has 168 valence electrons. The van der Waals surface area contributed by atoms with Gasteiger partial charge in [0.25, 0.3) is 0 Å². The van der Waals surface area contributed by atoms with Gasteiger partial charge in [0.1, 0.15) is 5.82 Å². The molecule has 2 aromatic carbocycles. The number of fused-ring (bicyclic) bond motifs is 1. The van der Waals surface area contributed by atoms with Gasteiger partial charge < -0.3 is 11.1 Å². The number of para-hydroxylation sites is 1. The number of aromatic amines is 1. The summed E-state index contributed by atoms with van der Waals surface area (Å²) in [6, 6.07) is 22.4. The first-order valence-electron chi connectivity index (χ1n) is 10.7. The van der Waals surface area contributed by atoms with Crippen molar-refractivity contribution in [2.45, 2.75) is 13.3 Å². The Morgan fingerprint density at radius 2 is 1.74 bits per heavy atom. The van der Waals surface area contributed by atoms with E-state index in [9.17, 15) is 4.79 Å². The van der Waals surface area contributed by atoms with E-state index in [1.807, 2.05) is 73.7 Å². The standard InChI is InChI=1S/C25H22N8O/c1-15-13-18(22-23(26)32-33-24(22)27-15)14-17-9-5-6-10-19(17)28-25(34)29-21-12-11-20(30-31-21)16-7-3-2-4-8-16/h2-13H,14H2,1H3,(H3,26,27,32,33)(H2,28,29,31,34). The Balaban J connectivity index is 1.32. The zero-order valence-corrected chi connectivity index (χ0v) is 18.4. The van der Waals surface area contributed by atoms with Crippen LogP contribution in [0.3, 0.4) is 0 Å². The van der Waals surface area contributed by atoms with E-state index in [0.29, 0.717) is 29.4 Å². The van der Waals surface area contributed by atoms with Gasteiger partial charge in [-0.25, -0.2) is 9.78 Å². The Labute approximate surface area is 195 Å². The molecule has 0 fully saturated rings. The lowest BCUT2D eigenvalue weighted by atomic mass is 10.0. The molecule has 9 heteroatoms. The van der Waals surface area contributed by atoms with Crippen molar-refractivity contribution in [2.24, 2.45) is 0 Å². The fraction of sp³-hybridized carbons (Fsp3) is 0.0800. The Bertz CT molecular complexity index is 1460. The molecule has 0 radical (unpaired) electrons. The highest BCUT2D eigenvalue weighted by Crippen LogP contribution is 2.27. The average molecular weight is 451 g/mol. The van der Waals surface area contributed by atoms with Gasteiger partial charge in [0.05, 0.1) is 11.1 Å². The molecule has 0 spiro atoms. The van der Waals surface area contributed by atoms with Crippen molar-refractivity contribution >= 4 is 34.4 Å². The minimum atomic E-state index is -0.409. The van der Waals surface area contributed by atoms with Crippen molar-refractivity contribution in [1.29, 1.82) is 0 Å². The number of amides is 2. The number of benzene rings is 2. The molecule has 34 heavy (non-hydrogen) atoms. The summed E-state index contributed by atoms with van der Waals surface area (Å²) < 4.78 is 0. The molecule has 0 bridgehead atoms. The largest absolute Gasteiger partial charge is 0.384 e. The number of anilines is 3. The number of urea groups is 1. The summed E-state index contributed by atoms with van der Waals surface area (Å²) in [5, 5.41) is 21.7. The van der Waals surface area contributed by atoms with Crippen molar-refractivity contribution in [3.8, 4) is 11.3 Å². The molecule has 0 unspecified atom stereocenters. The Morgan fingerprint density at radius 1 is 0.941 bits per heavy atom. The van der Waals surface area contributed by atoms with Crippen molar-refractivity contribution < 1.29 is 4.79 Å². The molecule has 0 aliphatic heterocycles. The predicted molar refractivity (Wildman–Crippen MR) is 132 cm³/mol. The number of pyridine rings is 1. The number of aromatic nitrogens is 5. The second-order valence-corrected chi connectivity index (χ2v) is 7.84. The zero-order valence-electron chi connectivity index (χ0n) is 18.4. The van der Waals surface area contributed by atoms with Crippen LogP contribution >= 0.6 is 0 Å². The van der Waals surface area contributed by atoms with Gasteiger partial charge in [0.2, 0.25) is 0 Å². The molecule has 0 saturated heterocycles. The summed E-state index contributed by atoms with van der Waals surface area (Å²) in [5.74, 6) is 0.825. The predicted octanol–water partition coefficient (Wildman–Crippen LogP) is 4.54. The van der Waals surface area contributed by atoms with Crippen LogP contribution in [0.1, 0.15) is 16.8 Å². The summed E-state index contributed by atoms with van der Waals surface area (Å²) in [6.45, 7) is 1.91. The monoisotopic (exact) mass is 450 g/mol. The molecule has 0 aliphatic carbocycles. The third-order valence-corrected chi connectivity index (χ3v) is 5.38. The summed E-state index contributed by atoms with van der Waals surface area (Å²) in [5.41, 5.74) is 11.8. The second-order valence-electron chi connectivity index (χ2n) is 7.84. The fourth-order valence-corrected chi connectivity index (χ4v) is 3.84. The van der Waals surface area contributed by atoms with E-state index in [1.165, 1.54) is 0 Å². The first-order valence-corrected chi connectivity index (χ1v) is 10.7. The molecule has 5 rings (SSSR count). The number of rotatable bonds is 5. The fourth-order valence-electron chi connectivity index (χ4n) is 3.84. The number of aryl methyl sites for hydroxylation is 1. The molecule has 9 nitrogen and oxygen atoms in total. The van der Waals surface area contributed by atoms with E-state index in [4.69, 9.17) is 5.73 Å². The van der Waals surface area contributed by atoms with E-state index in [0.717, 1.165) is 33.5 Å². The van der Waals surface area contributed by atoms with Crippen molar-refractivity contribution in [2.75, 3.05) is 16.4 Å². The topological polar surface area (TPSA) is 134 Å². The van der Waals surface area contributed by atoms with Gasteiger partial charge in [0, 0.05) is 23.4 Å². The van der Waals surface area contributed by atoms with Crippen LogP contribution in [0.2, 0.25) is 0 Å². The Kier molecular flexibility index (Phi) is 5.57. The maximum absolute atomic E-state index is 12.7. The quantitative estimate of drug-likeness (QED) is 0.310. The number of nitrogen functional groups attached to an aromatic ring is 1. The van der Waals surface area contributed by atoms with Gasteiger partial charge in [-0.05, 0) is 42.3 Å². The molecule has 3 heterocycles. The molecular weight excluding hydrogens is 428 g/mol. The molecule has 3 aromatic heterocycles. The van der Waals surface area contributed by atoms with Crippen LogP contribution in [0.25, 0.3) is 22.3 Å². The molecule has 5 N–H and O–H groups in total. The molecule has 0 atom stereocenters. The van der Waals surface area contributed by atoms with Crippen LogP contribution in [0.4, 0.5) is 22.1 Å². The summed E-state index contributed by atoms with van der Waals surface area (Å²) in [4.78, 5) is 17.1. The average Bonchev–Trinajstić information content (AvgIpc) is 3.21. The lowest BCUT2D eigenvalue weighted by Gasteiger charge is -2.13. The van der Waals surface area contributed by atoms with E-state index in [2.05, 4.69) is 36.0 Å². The number of H-pyrrole nitrogens is 1. The van der Waals surface area contributed by atoms with Crippen molar-refractivity contribution in [1.82, 2.24) is 25.4 Å². The van der Waals surface area contributed by atoms with Gasteiger partial charge in [-0.1, -0.05) is 48.5 Å². The number of hydrogen-bond acceptors (Lipinski definition) is 6. The number of carbonyl (C=O) groups excluding carboxylic acids is 1. The Morgan fingerprint density at radius 3 is 2.53 bits per heavy atom. The Hall–Kier alpha value is -4.79. The number of hydrogen-bond donors (Lipinski definition) is 4. The smallest absolute Gasteiger partial charge is 0.324 e. The molecule has 0 saturated carbocycles. The SMILES string of the molecule is Cc1cc(Cc2ccccc2NC(=O)Nc2ccc(-c3ccccc3)nn2)c2c(N)[nH]nc2n1. The van der Waals surface area contributed by atoms with E-state index >= 15 is 0 Å². The maximum atomic E-state index is 12.7. The first-order chi connectivity index (χ1) is 16.6. The molecule has 5 aromatic rings. The molecule has 0 aliphatic rings. The highest BCUT2D eigenvalue weighted by Gasteiger charge is 2.14. The van der Waals surface area contributed by atoms with Gasteiger partial charge in [-0.15, -0.1) is 10.2 Å². The van der Waals surface area contributed by atoms with E-state index < -0.39 is 6.03 Å². The van der Waals surface area contributed by atoms with E-state index in [-0.39, 0.29) is 0 Å². The number of carbonyl (C=O) groups is 1. The first kappa shape index (κ1) is 21.1. The van der Waals surface area contributed by atoms with Crippen molar-refractivity contribution in [3.05, 3.63) is 89.6 Å². The van der Waals surface area contributed by atoms with Gasteiger partial charge in [0.15, 0.2) is 11.5 Å². The minimum Gasteiger partial charge on any atom is -0.384 e. The highest BCUT2D eigenvalue weighted by molar-refractivity contribution is 5.99. The summed E-state index contributed by atoms with van der Waals surface area (Å²) >= 11 is 0. The van der Waals surface area contributed by atoms with Crippen LogP contribution in [0, 0.1) is 6.92 Å². The lowest BCUT2D eigenvalue weighted by molar-refractivity contribution is 0.262. The second kappa shape index (κ2) is 8.99. The summed E-state index contributed by atoms with van der Waals surface area (Å²) in [7, 11) is 0. The number of nitrogens with two attached hydrogens (primary N) is 1. The summed E-state index contributed by atoms with van der Waals surface area (Å²) in [6.07, 6.45) is 0.547. The number of nitrogens with zero attached hydrogens (tertiary/aromatic N) is 4. The maximum Gasteiger partial charge on any atom is 0.324 e. The van der Waals surface area contributed by atoms with Gasteiger partial charge in [-0.3, -0.25) is 10.4 Å². The molecule has 2 amide bonds. The van der Waals surface area contributed by atoms with Gasteiger partial charge >= 0.3 is 6.03 Å². The van der Waals surface area contributed by atoms with Crippen molar-refractivity contribution in [3.63, 3.8) is 0 Å². The zero-order chi connectivity index (χ0) is 23.5. The normalized spacial score (nSPS) is 10.9. The third kappa shape index (κ3) is 4.40. The number of nitrogens with one attached hydrogen (secondary N) is 3. The highest BCUT2D eigenvalue weighted by atomic mass is 16.2. The lowest BCUT2D eigenvalue weighted by Crippen LogP contribution is -2.21. The minimum absolute atomic E-state index is 0.354. The van der Waals surface area contributed by atoms with Crippen LogP contribution in [-0.2, 0) is 6.42 Å². The van der Waals surface area contributed by atoms with Crippen LogP contribution in [0.5, 0.6) is 0 Å².